The SMILES string of the molecule is C[C@@]12C=C[C@](CCOc3ccc(C(F)(F)F)cc3)(O1)C1C(=O)N(c3ccc(C#N)c(C(F)(F)F)c3)C(=O)C12. The summed E-state index contributed by atoms with van der Waals surface area (Å²) in [5, 5.41) is 9.05. The lowest BCUT2D eigenvalue weighted by Crippen LogP contribution is -2.42. The Morgan fingerprint density at radius 3 is 2.24 bits per heavy atom. The summed E-state index contributed by atoms with van der Waals surface area (Å²) in [6.45, 7) is 1.52. The monoisotopic (exact) mass is 536 g/mol. The zero-order valence-corrected chi connectivity index (χ0v) is 19.6. The van der Waals surface area contributed by atoms with Gasteiger partial charge in [0.25, 0.3) is 0 Å². The van der Waals surface area contributed by atoms with Gasteiger partial charge in [-0.2, -0.15) is 31.6 Å². The predicted octanol–water partition coefficient (Wildman–Crippen LogP) is 5.27. The van der Waals surface area contributed by atoms with Gasteiger partial charge in [-0.3, -0.25) is 9.59 Å². The molecule has 3 heterocycles. The third-order valence-corrected chi connectivity index (χ3v) is 7.19. The fourth-order valence-corrected chi connectivity index (χ4v) is 5.47. The minimum atomic E-state index is -4.88. The molecule has 0 saturated carbocycles. The third kappa shape index (κ3) is 3.93. The first kappa shape index (κ1) is 25.8. The van der Waals surface area contributed by atoms with Crippen molar-refractivity contribution >= 4 is 17.5 Å². The molecule has 0 spiro atoms. The summed E-state index contributed by atoms with van der Waals surface area (Å²) < 4.78 is 90.5. The Hall–Kier alpha value is -3.85. The fourth-order valence-electron chi connectivity index (χ4n) is 5.47. The van der Waals surface area contributed by atoms with Crippen molar-refractivity contribution in [1.82, 2.24) is 0 Å². The van der Waals surface area contributed by atoms with E-state index in [1.807, 2.05) is 0 Å². The summed E-state index contributed by atoms with van der Waals surface area (Å²) in [6.07, 6.45) is -6.08. The average molecular weight is 536 g/mol. The highest BCUT2D eigenvalue weighted by molar-refractivity contribution is 6.23. The Labute approximate surface area is 212 Å². The number of halogens is 6. The fraction of sp³-hybridized carbons (Fsp3) is 0.346. The van der Waals surface area contributed by atoms with E-state index < -0.39 is 63.9 Å². The van der Waals surface area contributed by atoms with Crippen molar-refractivity contribution in [1.29, 1.82) is 5.26 Å². The molecule has 2 fully saturated rings. The van der Waals surface area contributed by atoms with Crippen LogP contribution in [0.15, 0.2) is 54.6 Å². The van der Waals surface area contributed by atoms with Gasteiger partial charge in [0.1, 0.15) is 11.4 Å². The van der Waals surface area contributed by atoms with Gasteiger partial charge in [-0.05, 0) is 49.4 Å². The van der Waals surface area contributed by atoms with Gasteiger partial charge >= 0.3 is 12.4 Å². The van der Waals surface area contributed by atoms with Crippen LogP contribution in [-0.4, -0.2) is 29.6 Å². The molecule has 2 saturated heterocycles. The molecule has 198 valence electrons. The Morgan fingerprint density at radius 2 is 1.63 bits per heavy atom. The third-order valence-electron chi connectivity index (χ3n) is 7.19. The van der Waals surface area contributed by atoms with Crippen LogP contribution in [0.2, 0.25) is 0 Å². The number of nitrogens with zero attached hydrogens (tertiary/aromatic N) is 2. The number of benzene rings is 2. The van der Waals surface area contributed by atoms with E-state index in [9.17, 15) is 35.9 Å². The van der Waals surface area contributed by atoms with Gasteiger partial charge in [-0.1, -0.05) is 12.2 Å². The van der Waals surface area contributed by atoms with Gasteiger partial charge in [0.15, 0.2) is 0 Å². The number of anilines is 1. The molecule has 0 N–H and O–H groups in total. The summed E-state index contributed by atoms with van der Waals surface area (Å²) in [7, 11) is 0. The second kappa shape index (κ2) is 8.33. The van der Waals surface area contributed by atoms with Gasteiger partial charge < -0.3 is 9.47 Å². The van der Waals surface area contributed by atoms with E-state index in [2.05, 4.69) is 0 Å². The number of hydrogen-bond acceptors (Lipinski definition) is 5. The molecule has 2 aromatic rings. The molecule has 2 amide bonds. The Kier molecular flexibility index (Phi) is 5.65. The molecular formula is C26H18F6N2O4. The van der Waals surface area contributed by atoms with Crippen molar-refractivity contribution in [3.63, 3.8) is 0 Å². The van der Waals surface area contributed by atoms with Crippen molar-refractivity contribution in [2.24, 2.45) is 11.8 Å². The van der Waals surface area contributed by atoms with Crippen LogP contribution in [-0.2, 0) is 26.7 Å². The molecule has 3 aliphatic rings. The van der Waals surface area contributed by atoms with E-state index in [1.165, 1.54) is 6.07 Å². The van der Waals surface area contributed by atoms with Crippen molar-refractivity contribution in [2.75, 3.05) is 11.5 Å². The van der Waals surface area contributed by atoms with Crippen molar-refractivity contribution in [3.8, 4) is 11.8 Å². The highest BCUT2D eigenvalue weighted by atomic mass is 19.4. The number of alkyl halides is 6. The Morgan fingerprint density at radius 1 is 0.974 bits per heavy atom. The maximum absolute atomic E-state index is 13.5. The zero-order valence-electron chi connectivity index (χ0n) is 19.6. The van der Waals surface area contributed by atoms with Crippen LogP contribution in [0.4, 0.5) is 32.0 Å². The van der Waals surface area contributed by atoms with E-state index in [0.29, 0.717) is 11.0 Å². The van der Waals surface area contributed by atoms with Gasteiger partial charge in [-0.15, -0.1) is 0 Å². The molecule has 0 radical (unpaired) electrons. The highest BCUT2D eigenvalue weighted by Crippen LogP contribution is 2.59. The van der Waals surface area contributed by atoms with Crippen LogP contribution in [0.25, 0.3) is 0 Å². The lowest BCUT2D eigenvalue weighted by atomic mass is 9.71. The smallest absolute Gasteiger partial charge is 0.417 e. The lowest BCUT2D eigenvalue weighted by molar-refractivity contribution is -0.138. The van der Waals surface area contributed by atoms with E-state index in [0.717, 1.165) is 36.4 Å². The average Bonchev–Trinajstić information content (AvgIpc) is 3.42. The summed E-state index contributed by atoms with van der Waals surface area (Å²) in [4.78, 5) is 27.6. The Balaban J connectivity index is 1.39. The largest absolute Gasteiger partial charge is 0.493 e. The number of carbonyl (C=O) groups excluding carboxylic acids is 2. The number of imide groups is 1. The highest BCUT2D eigenvalue weighted by Gasteiger charge is 2.72. The number of carbonyl (C=O) groups is 2. The second-order valence-electron chi connectivity index (χ2n) is 9.50. The van der Waals surface area contributed by atoms with Crippen molar-refractivity contribution < 1.29 is 45.4 Å². The van der Waals surface area contributed by atoms with Crippen molar-refractivity contribution in [2.45, 2.75) is 36.9 Å². The van der Waals surface area contributed by atoms with Crippen LogP contribution in [0.5, 0.6) is 5.75 Å². The van der Waals surface area contributed by atoms with Gasteiger partial charge in [0, 0.05) is 6.42 Å². The molecule has 2 aromatic carbocycles. The minimum absolute atomic E-state index is 0.0509. The molecule has 6 nitrogen and oxygen atoms in total. The summed E-state index contributed by atoms with van der Waals surface area (Å²) in [6, 6.07) is 8.13. The van der Waals surface area contributed by atoms with Crippen LogP contribution in [0.1, 0.15) is 30.0 Å². The standard InChI is InChI=1S/C26H18F6N2O4/c1-23-8-9-24(38-23,10-11-37-17-6-3-15(4-7-17)25(27,28)29)20-19(23)21(35)34(22(20)36)16-5-2-14(13-33)18(12-16)26(30,31)32/h2-9,12,19-20H,10-11H2,1H3/t19?,20?,23-,24+/m0/s1. The Bertz CT molecular complexity index is 1390. The second-order valence-corrected chi connectivity index (χ2v) is 9.50. The van der Waals surface area contributed by atoms with E-state index in [4.69, 9.17) is 14.7 Å². The normalized spacial score (nSPS) is 28.1. The molecule has 4 atom stereocenters. The first-order chi connectivity index (χ1) is 17.7. The van der Waals surface area contributed by atoms with Crippen molar-refractivity contribution in [3.05, 3.63) is 71.3 Å². The maximum atomic E-state index is 13.5. The molecule has 2 bridgehead atoms. The van der Waals surface area contributed by atoms with Gasteiger partial charge in [-0.25, -0.2) is 4.90 Å². The van der Waals surface area contributed by atoms with Gasteiger partial charge in [0.2, 0.25) is 11.8 Å². The maximum Gasteiger partial charge on any atom is 0.417 e. The number of amides is 2. The summed E-state index contributed by atoms with van der Waals surface area (Å²) in [5.41, 5.74) is -5.55. The quantitative estimate of drug-likeness (QED) is 0.296. The van der Waals surface area contributed by atoms with Crippen LogP contribution >= 0.6 is 0 Å². The number of hydrogen-bond donors (Lipinski definition) is 0. The van der Waals surface area contributed by atoms with Gasteiger partial charge in [0.05, 0.1) is 52.5 Å². The number of nitriles is 1. The topological polar surface area (TPSA) is 79.6 Å². The molecule has 2 unspecified atom stereocenters. The number of rotatable bonds is 5. The number of ether oxygens (including phenoxy) is 2. The summed E-state index contributed by atoms with van der Waals surface area (Å²) >= 11 is 0. The van der Waals surface area contributed by atoms with E-state index in [1.54, 1.807) is 19.1 Å². The molecular weight excluding hydrogens is 518 g/mol. The molecule has 0 aromatic heterocycles. The first-order valence-electron chi connectivity index (χ1n) is 11.4. The molecule has 5 rings (SSSR count). The molecule has 38 heavy (non-hydrogen) atoms. The molecule has 3 aliphatic heterocycles. The van der Waals surface area contributed by atoms with E-state index in [-0.39, 0.29) is 24.5 Å². The predicted molar refractivity (Wildman–Crippen MR) is 119 cm³/mol. The minimum Gasteiger partial charge on any atom is -0.493 e. The van der Waals surface area contributed by atoms with Crippen LogP contribution in [0, 0.1) is 23.2 Å². The zero-order chi connectivity index (χ0) is 27.7. The number of fused-ring (bicyclic) bond motifs is 5. The van der Waals surface area contributed by atoms with E-state index >= 15 is 0 Å². The molecule has 0 aliphatic carbocycles. The first-order valence-corrected chi connectivity index (χ1v) is 11.4. The molecule has 12 heteroatoms. The van der Waals surface area contributed by atoms with Crippen LogP contribution < -0.4 is 9.64 Å². The lowest BCUT2D eigenvalue weighted by Gasteiger charge is -2.29. The summed E-state index contributed by atoms with van der Waals surface area (Å²) in [5.74, 6) is -3.38. The van der Waals surface area contributed by atoms with Crippen LogP contribution in [0.3, 0.4) is 0 Å².